The second-order valence-corrected chi connectivity index (χ2v) is 5.84. The van der Waals surface area contributed by atoms with E-state index in [1.54, 1.807) is 0 Å². The normalized spacial score (nSPS) is 18.8. The maximum absolute atomic E-state index is 14.1. The highest BCUT2D eigenvalue weighted by molar-refractivity contribution is 5.87. The second kappa shape index (κ2) is 7.30. The van der Waals surface area contributed by atoms with Crippen molar-refractivity contribution in [3.05, 3.63) is 66.2 Å². The third-order valence-electron chi connectivity index (χ3n) is 3.98. The Morgan fingerprint density at radius 3 is 2.48 bits per heavy atom. The van der Waals surface area contributed by atoms with Crippen LogP contribution in [0, 0.1) is 0 Å². The van der Waals surface area contributed by atoms with Gasteiger partial charge in [-0.2, -0.15) is 13.2 Å². The number of hydrogen-bond donors (Lipinski definition) is 1. The third kappa shape index (κ3) is 4.21. The summed E-state index contributed by atoms with van der Waals surface area (Å²) in [6.07, 6.45) is -4.81. The van der Waals surface area contributed by atoms with Gasteiger partial charge in [0.05, 0.1) is 11.6 Å². The summed E-state index contributed by atoms with van der Waals surface area (Å²) >= 11 is 0. The molecule has 2 aromatic rings. The lowest BCUT2D eigenvalue weighted by Crippen LogP contribution is -2.39. The average Bonchev–Trinajstić information content (AvgIpc) is 2.63. The maximum Gasteiger partial charge on any atom is 0.416 e. The van der Waals surface area contributed by atoms with Gasteiger partial charge in [0, 0.05) is 11.6 Å². The standard InChI is InChI=1S/C19H15F4NO3/c1-2-17(25)24-18-14-8-7-13(9-16(14)26-10-15(18)20)27-12-5-3-11(4-6-12)19(21,22)23/h2-9,15,18H,1,10H2,(H,24,25)/t15-,18-/m1/s1. The molecule has 1 heterocycles. The van der Waals surface area contributed by atoms with Crippen LogP contribution in [-0.4, -0.2) is 18.7 Å². The Bertz CT molecular complexity index is 849. The van der Waals surface area contributed by atoms with Gasteiger partial charge in [0.15, 0.2) is 6.17 Å². The van der Waals surface area contributed by atoms with Crippen LogP contribution in [0.3, 0.4) is 0 Å². The van der Waals surface area contributed by atoms with Gasteiger partial charge in [0.2, 0.25) is 5.91 Å². The highest BCUT2D eigenvalue weighted by Gasteiger charge is 2.32. The SMILES string of the molecule is C=CC(=O)N[C@@H]1c2ccc(Oc3ccc(C(F)(F)F)cc3)cc2OC[C@H]1F. The molecule has 8 heteroatoms. The zero-order valence-corrected chi connectivity index (χ0v) is 13.9. The number of nitrogens with one attached hydrogen (secondary N) is 1. The van der Waals surface area contributed by atoms with Gasteiger partial charge < -0.3 is 14.8 Å². The molecular weight excluding hydrogens is 366 g/mol. The fraction of sp³-hybridized carbons (Fsp3) is 0.211. The van der Waals surface area contributed by atoms with Crippen molar-refractivity contribution in [3.63, 3.8) is 0 Å². The van der Waals surface area contributed by atoms with Crippen molar-refractivity contribution in [3.8, 4) is 17.2 Å². The van der Waals surface area contributed by atoms with Gasteiger partial charge >= 0.3 is 6.18 Å². The van der Waals surface area contributed by atoms with Crippen molar-refractivity contribution < 1.29 is 31.8 Å². The Hall–Kier alpha value is -3.03. The van der Waals surface area contributed by atoms with Crippen molar-refractivity contribution in [2.45, 2.75) is 18.4 Å². The first-order chi connectivity index (χ1) is 12.8. The third-order valence-corrected chi connectivity index (χ3v) is 3.98. The zero-order valence-electron chi connectivity index (χ0n) is 13.9. The van der Waals surface area contributed by atoms with E-state index >= 15 is 0 Å². The number of hydrogen-bond acceptors (Lipinski definition) is 3. The number of rotatable bonds is 4. The molecule has 0 radical (unpaired) electrons. The summed E-state index contributed by atoms with van der Waals surface area (Å²) in [6.45, 7) is 3.08. The number of carbonyl (C=O) groups excluding carboxylic acids is 1. The number of alkyl halides is 4. The number of ether oxygens (including phenoxy) is 2. The number of amides is 1. The van der Waals surface area contributed by atoms with Gasteiger partial charge in [-0.25, -0.2) is 4.39 Å². The molecule has 142 valence electrons. The Kier molecular flexibility index (Phi) is 5.07. The van der Waals surface area contributed by atoms with Crippen molar-refractivity contribution in [2.75, 3.05) is 6.61 Å². The van der Waals surface area contributed by atoms with E-state index in [0.717, 1.165) is 18.2 Å². The lowest BCUT2D eigenvalue weighted by Gasteiger charge is -2.29. The largest absolute Gasteiger partial charge is 0.490 e. The van der Waals surface area contributed by atoms with Crippen LogP contribution in [0.5, 0.6) is 17.2 Å². The van der Waals surface area contributed by atoms with Gasteiger partial charge in [-0.3, -0.25) is 4.79 Å². The molecule has 0 aromatic heterocycles. The fourth-order valence-corrected chi connectivity index (χ4v) is 2.65. The summed E-state index contributed by atoms with van der Waals surface area (Å²) in [6, 6.07) is 7.89. The maximum atomic E-state index is 14.1. The molecule has 27 heavy (non-hydrogen) atoms. The first kappa shape index (κ1) is 18.8. The van der Waals surface area contributed by atoms with Gasteiger partial charge in [-0.05, 0) is 42.5 Å². The summed E-state index contributed by atoms with van der Waals surface area (Å²) in [5.74, 6) is 0.321. The molecule has 4 nitrogen and oxygen atoms in total. The first-order valence-corrected chi connectivity index (χ1v) is 7.97. The Labute approximate surface area is 152 Å². The average molecular weight is 381 g/mol. The Morgan fingerprint density at radius 1 is 1.19 bits per heavy atom. The quantitative estimate of drug-likeness (QED) is 0.623. The van der Waals surface area contributed by atoms with Gasteiger partial charge in [-0.1, -0.05) is 6.58 Å². The smallest absolute Gasteiger partial charge is 0.416 e. The van der Waals surface area contributed by atoms with Crippen LogP contribution in [-0.2, 0) is 11.0 Å². The van der Waals surface area contributed by atoms with Crippen LogP contribution in [0.25, 0.3) is 0 Å². The number of benzene rings is 2. The van der Waals surface area contributed by atoms with Crippen LogP contribution in [0.15, 0.2) is 55.1 Å². The van der Waals surface area contributed by atoms with Crippen LogP contribution < -0.4 is 14.8 Å². The van der Waals surface area contributed by atoms with E-state index in [0.29, 0.717) is 17.1 Å². The van der Waals surface area contributed by atoms with E-state index in [-0.39, 0.29) is 12.4 Å². The Balaban J connectivity index is 1.79. The number of halogens is 4. The van der Waals surface area contributed by atoms with Gasteiger partial charge in [0.25, 0.3) is 0 Å². The van der Waals surface area contributed by atoms with E-state index in [1.165, 1.54) is 30.3 Å². The zero-order chi connectivity index (χ0) is 19.6. The molecule has 1 aliphatic rings. The minimum atomic E-state index is -4.42. The van der Waals surface area contributed by atoms with Crippen LogP contribution >= 0.6 is 0 Å². The molecule has 0 spiro atoms. The predicted octanol–water partition coefficient (Wildman–Crippen LogP) is 4.57. The highest BCUT2D eigenvalue weighted by Crippen LogP contribution is 2.38. The van der Waals surface area contributed by atoms with Gasteiger partial charge in [-0.15, -0.1) is 0 Å². The molecule has 0 fully saturated rings. The molecule has 0 saturated carbocycles. The molecule has 2 aromatic carbocycles. The first-order valence-electron chi connectivity index (χ1n) is 7.97. The molecule has 3 rings (SSSR count). The topological polar surface area (TPSA) is 47.6 Å². The second-order valence-electron chi connectivity index (χ2n) is 5.84. The van der Waals surface area contributed by atoms with E-state index in [2.05, 4.69) is 11.9 Å². The fourth-order valence-electron chi connectivity index (χ4n) is 2.65. The number of carbonyl (C=O) groups is 1. The molecular formula is C19H15F4NO3. The predicted molar refractivity (Wildman–Crippen MR) is 89.4 cm³/mol. The van der Waals surface area contributed by atoms with Crippen LogP contribution in [0.2, 0.25) is 0 Å². The molecule has 0 aliphatic carbocycles. The molecule has 1 aliphatic heterocycles. The van der Waals surface area contributed by atoms with Crippen molar-refractivity contribution >= 4 is 5.91 Å². The van der Waals surface area contributed by atoms with Crippen LogP contribution in [0.4, 0.5) is 17.6 Å². The monoisotopic (exact) mass is 381 g/mol. The van der Waals surface area contributed by atoms with Gasteiger partial charge in [0.1, 0.15) is 23.9 Å². The molecule has 1 N–H and O–H groups in total. The van der Waals surface area contributed by atoms with E-state index < -0.39 is 29.9 Å². The highest BCUT2D eigenvalue weighted by atomic mass is 19.4. The molecule has 0 bridgehead atoms. The summed E-state index contributed by atoms with van der Waals surface area (Å²) in [4.78, 5) is 11.5. The van der Waals surface area contributed by atoms with E-state index in [9.17, 15) is 22.4 Å². The summed E-state index contributed by atoms with van der Waals surface area (Å²) in [5, 5.41) is 2.50. The van der Waals surface area contributed by atoms with Crippen molar-refractivity contribution in [1.29, 1.82) is 0 Å². The van der Waals surface area contributed by atoms with E-state index in [4.69, 9.17) is 9.47 Å². The lowest BCUT2D eigenvalue weighted by molar-refractivity contribution is -0.137. The number of fused-ring (bicyclic) bond motifs is 1. The lowest BCUT2D eigenvalue weighted by atomic mass is 9.99. The van der Waals surface area contributed by atoms with Crippen molar-refractivity contribution in [1.82, 2.24) is 5.32 Å². The molecule has 1 amide bonds. The summed E-state index contributed by atoms with van der Waals surface area (Å²) < 4.78 is 62.8. The summed E-state index contributed by atoms with van der Waals surface area (Å²) in [5.41, 5.74) is -0.345. The minimum Gasteiger partial charge on any atom is -0.490 e. The molecule has 0 unspecified atom stereocenters. The Morgan fingerprint density at radius 2 is 1.85 bits per heavy atom. The molecule has 0 saturated heterocycles. The van der Waals surface area contributed by atoms with Crippen LogP contribution in [0.1, 0.15) is 17.2 Å². The minimum absolute atomic E-state index is 0.207. The summed E-state index contributed by atoms with van der Waals surface area (Å²) in [7, 11) is 0. The molecule has 2 atom stereocenters. The van der Waals surface area contributed by atoms with E-state index in [1.807, 2.05) is 0 Å². The van der Waals surface area contributed by atoms with Crippen molar-refractivity contribution in [2.24, 2.45) is 0 Å².